The molecule has 4 rings (SSSR count). The molecule has 7 heteroatoms. The molecule has 2 N–H and O–H groups in total. The van der Waals surface area contributed by atoms with E-state index in [-0.39, 0.29) is 24.4 Å². The van der Waals surface area contributed by atoms with Crippen molar-refractivity contribution < 1.29 is 9.53 Å². The fourth-order valence-corrected chi connectivity index (χ4v) is 3.52. The summed E-state index contributed by atoms with van der Waals surface area (Å²) < 4.78 is 7.37. The first-order valence-corrected chi connectivity index (χ1v) is 10.0. The molecule has 2 heterocycles. The van der Waals surface area contributed by atoms with Gasteiger partial charge in [-0.05, 0) is 5.56 Å². The number of amides is 1. The van der Waals surface area contributed by atoms with Gasteiger partial charge < -0.3 is 15.4 Å². The molecule has 1 aliphatic heterocycles. The predicted molar refractivity (Wildman–Crippen MR) is 120 cm³/mol. The van der Waals surface area contributed by atoms with Gasteiger partial charge >= 0.3 is 0 Å². The van der Waals surface area contributed by atoms with Crippen molar-refractivity contribution in [1.29, 1.82) is 0 Å². The third-order valence-electron chi connectivity index (χ3n) is 4.98. The highest BCUT2D eigenvalue weighted by Crippen LogP contribution is 2.22. The molecule has 3 aromatic rings. The summed E-state index contributed by atoms with van der Waals surface area (Å²) in [6.45, 7) is 3.22. The van der Waals surface area contributed by atoms with Crippen molar-refractivity contribution in [1.82, 2.24) is 20.4 Å². The Kier molecular flexibility index (Phi) is 8.02. The normalized spacial score (nSPS) is 15.9. The lowest BCUT2D eigenvalue weighted by Crippen LogP contribution is -2.44. The van der Waals surface area contributed by atoms with Crippen molar-refractivity contribution in [3.63, 3.8) is 0 Å². The van der Waals surface area contributed by atoms with Gasteiger partial charge in [0, 0.05) is 42.9 Å². The summed E-state index contributed by atoms with van der Waals surface area (Å²) in [5.41, 5.74) is 4.15. The first kappa shape index (κ1) is 22.0. The van der Waals surface area contributed by atoms with Crippen LogP contribution in [0.3, 0.4) is 0 Å². The number of halogens is 1. The third-order valence-corrected chi connectivity index (χ3v) is 4.98. The summed E-state index contributed by atoms with van der Waals surface area (Å²) in [7, 11) is 0. The van der Waals surface area contributed by atoms with Crippen LogP contribution < -0.4 is 10.6 Å². The summed E-state index contributed by atoms with van der Waals surface area (Å²) in [6.07, 6.45) is 2.44. The van der Waals surface area contributed by atoms with Crippen LogP contribution in [0.2, 0.25) is 0 Å². The Morgan fingerprint density at radius 3 is 2.57 bits per heavy atom. The zero-order valence-electron chi connectivity index (χ0n) is 16.8. The second-order valence-electron chi connectivity index (χ2n) is 7.26. The van der Waals surface area contributed by atoms with Gasteiger partial charge in [0.2, 0.25) is 5.91 Å². The van der Waals surface area contributed by atoms with Gasteiger partial charge in [-0.25, -0.2) is 0 Å². The SMILES string of the molecule is Cl.O=C(CC1COCCN1)NCc1cn(Cc2ccccc2)nc1-c1ccccc1. The topological polar surface area (TPSA) is 68.2 Å². The highest BCUT2D eigenvalue weighted by Gasteiger charge is 2.18. The molecule has 0 saturated carbocycles. The number of ether oxygens (including phenoxy) is 1. The third kappa shape index (κ3) is 5.92. The number of hydrogen-bond acceptors (Lipinski definition) is 4. The van der Waals surface area contributed by atoms with E-state index in [1.807, 2.05) is 59.4 Å². The van der Waals surface area contributed by atoms with Crippen LogP contribution in [0.5, 0.6) is 0 Å². The summed E-state index contributed by atoms with van der Waals surface area (Å²) in [5, 5.41) is 11.2. The van der Waals surface area contributed by atoms with E-state index in [0.717, 1.165) is 23.4 Å². The largest absolute Gasteiger partial charge is 0.378 e. The molecule has 158 valence electrons. The van der Waals surface area contributed by atoms with Crippen molar-refractivity contribution in [2.75, 3.05) is 19.8 Å². The highest BCUT2D eigenvalue weighted by atomic mass is 35.5. The Hall–Kier alpha value is -2.67. The summed E-state index contributed by atoms with van der Waals surface area (Å²) in [4.78, 5) is 12.4. The van der Waals surface area contributed by atoms with Crippen molar-refractivity contribution in [2.45, 2.75) is 25.6 Å². The molecule has 1 atom stereocenters. The molecule has 2 aromatic carbocycles. The molecule has 1 fully saturated rings. The lowest BCUT2D eigenvalue weighted by molar-refractivity contribution is -0.122. The smallest absolute Gasteiger partial charge is 0.221 e. The lowest BCUT2D eigenvalue weighted by Gasteiger charge is -2.23. The Labute approximate surface area is 183 Å². The van der Waals surface area contributed by atoms with E-state index in [1.54, 1.807) is 0 Å². The molecule has 0 aliphatic carbocycles. The fourth-order valence-electron chi connectivity index (χ4n) is 3.52. The van der Waals surface area contributed by atoms with Crippen LogP contribution in [0.15, 0.2) is 66.9 Å². The van der Waals surface area contributed by atoms with Crippen molar-refractivity contribution >= 4 is 18.3 Å². The number of hydrogen-bond donors (Lipinski definition) is 2. The summed E-state index contributed by atoms with van der Waals surface area (Å²) in [5.74, 6) is 0.0165. The summed E-state index contributed by atoms with van der Waals surface area (Å²) >= 11 is 0. The molecular weight excluding hydrogens is 400 g/mol. The molecule has 1 saturated heterocycles. The Morgan fingerprint density at radius 2 is 1.87 bits per heavy atom. The number of benzene rings is 2. The molecule has 1 aliphatic rings. The number of rotatable bonds is 7. The van der Waals surface area contributed by atoms with Gasteiger partial charge in [0.1, 0.15) is 0 Å². The van der Waals surface area contributed by atoms with E-state index < -0.39 is 0 Å². The Morgan fingerprint density at radius 1 is 1.13 bits per heavy atom. The van der Waals surface area contributed by atoms with Gasteiger partial charge in [0.15, 0.2) is 0 Å². The molecular formula is C23H27ClN4O2. The standard InChI is InChI=1S/C23H26N4O2.ClH/c28-22(13-21-17-29-12-11-24-21)25-14-20-16-27(15-18-7-3-1-4-8-18)26-23(20)19-9-5-2-6-10-19;/h1-10,16,21,24H,11-15,17H2,(H,25,28);1H. The van der Waals surface area contributed by atoms with Crippen LogP contribution in [0.25, 0.3) is 11.3 Å². The molecule has 6 nitrogen and oxygen atoms in total. The molecule has 1 aromatic heterocycles. The number of carbonyl (C=O) groups excluding carboxylic acids is 1. The van der Waals surface area contributed by atoms with E-state index in [4.69, 9.17) is 9.84 Å². The number of morpholine rings is 1. The van der Waals surface area contributed by atoms with E-state index >= 15 is 0 Å². The first-order chi connectivity index (χ1) is 14.3. The minimum Gasteiger partial charge on any atom is -0.378 e. The van der Waals surface area contributed by atoms with E-state index in [9.17, 15) is 4.79 Å². The van der Waals surface area contributed by atoms with Crippen molar-refractivity contribution in [2.24, 2.45) is 0 Å². The van der Waals surface area contributed by atoms with Crippen LogP contribution in [-0.4, -0.2) is 41.5 Å². The minimum absolute atomic E-state index is 0. The quantitative estimate of drug-likeness (QED) is 0.609. The van der Waals surface area contributed by atoms with E-state index in [1.165, 1.54) is 5.56 Å². The molecule has 1 amide bonds. The predicted octanol–water partition coefficient (Wildman–Crippen LogP) is 3.01. The second kappa shape index (κ2) is 10.9. The van der Waals surface area contributed by atoms with E-state index in [2.05, 4.69) is 22.8 Å². The van der Waals surface area contributed by atoms with Gasteiger partial charge in [0.25, 0.3) is 0 Å². The number of carbonyl (C=O) groups is 1. The number of nitrogens with one attached hydrogen (secondary N) is 2. The van der Waals surface area contributed by atoms with Crippen LogP contribution in [-0.2, 0) is 22.6 Å². The average Bonchev–Trinajstić information content (AvgIpc) is 3.17. The molecule has 0 bridgehead atoms. The monoisotopic (exact) mass is 426 g/mol. The van der Waals surface area contributed by atoms with E-state index in [0.29, 0.717) is 32.7 Å². The van der Waals surface area contributed by atoms with Crippen molar-refractivity contribution in [3.05, 3.63) is 78.0 Å². The zero-order valence-corrected chi connectivity index (χ0v) is 17.6. The molecule has 0 radical (unpaired) electrons. The Balaban J connectivity index is 0.00000256. The maximum Gasteiger partial charge on any atom is 0.221 e. The first-order valence-electron chi connectivity index (χ1n) is 10.0. The highest BCUT2D eigenvalue weighted by molar-refractivity contribution is 5.85. The number of nitrogens with zero attached hydrogens (tertiary/aromatic N) is 2. The van der Waals surface area contributed by atoms with Gasteiger partial charge in [-0.3, -0.25) is 9.48 Å². The Bertz CT molecular complexity index is 925. The van der Waals surface area contributed by atoms with Gasteiger partial charge in [-0.15, -0.1) is 12.4 Å². The maximum atomic E-state index is 12.4. The van der Waals surface area contributed by atoms with Crippen LogP contribution in [0, 0.1) is 0 Å². The van der Waals surface area contributed by atoms with Gasteiger partial charge in [-0.1, -0.05) is 60.7 Å². The fraction of sp³-hybridized carbons (Fsp3) is 0.304. The van der Waals surface area contributed by atoms with Gasteiger partial charge in [-0.2, -0.15) is 5.10 Å². The average molecular weight is 427 g/mol. The van der Waals surface area contributed by atoms with Crippen LogP contribution in [0.4, 0.5) is 0 Å². The minimum atomic E-state index is 0. The molecule has 30 heavy (non-hydrogen) atoms. The lowest BCUT2D eigenvalue weighted by atomic mass is 10.1. The van der Waals surface area contributed by atoms with Crippen molar-refractivity contribution in [3.8, 4) is 11.3 Å². The summed E-state index contributed by atoms with van der Waals surface area (Å²) in [6, 6.07) is 20.4. The van der Waals surface area contributed by atoms with Crippen LogP contribution >= 0.6 is 12.4 Å². The molecule has 1 unspecified atom stereocenters. The van der Waals surface area contributed by atoms with Gasteiger partial charge in [0.05, 0.1) is 25.5 Å². The van der Waals surface area contributed by atoms with Crippen LogP contribution in [0.1, 0.15) is 17.5 Å². The zero-order chi connectivity index (χ0) is 19.9. The maximum absolute atomic E-state index is 12.4. The number of aromatic nitrogens is 2. The second-order valence-corrected chi connectivity index (χ2v) is 7.26. The molecule has 0 spiro atoms.